The van der Waals surface area contributed by atoms with E-state index in [1.54, 1.807) is 0 Å². The molecule has 7 heteroatoms. The number of halogens is 1. The fourth-order valence-electron chi connectivity index (χ4n) is 2.17. The van der Waals surface area contributed by atoms with E-state index < -0.39 is 6.04 Å². The summed E-state index contributed by atoms with van der Waals surface area (Å²) in [6.07, 6.45) is 0.476. The van der Waals surface area contributed by atoms with Crippen molar-refractivity contribution < 1.29 is 4.79 Å². The first-order valence-electron chi connectivity index (χ1n) is 7.31. The van der Waals surface area contributed by atoms with Crippen LogP contribution in [0.15, 0.2) is 59.1 Å². The Hall–Kier alpha value is -2.09. The Morgan fingerprint density at radius 3 is 2.71 bits per heavy atom. The van der Waals surface area contributed by atoms with Crippen molar-refractivity contribution in [2.45, 2.75) is 12.5 Å². The molecule has 3 N–H and O–H groups in total. The molecule has 0 bridgehead atoms. The van der Waals surface area contributed by atoms with Crippen LogP contribution in [0, 0.1) is 0 Å². The van der Waals surface area contributed by atoms with Crippen LogP contribution >= 0.6 is 27.3 Å². The SMILES string of the molecule is NC(Cc1ccccc1)C(=O)Nc1nnc(-c2cccc(Br)c2)s1. The molecule has 1 atom stereocenters. The smallest absolute Gasteiger partial charge is 0.243 e. The average Bonchev–Trinajstić information content (AvgIpc) is 3.04. The lowest BCUT2D eigenvalue weighted by Crippen LogP contribution is -2.37. The van der Waals surface area contributed by atoms with Crippen molar-refractivity contribution in [1.29, 1.82) is 0 Å². The zero-order valence-corrected chi connectivity index (χ0v) is 15.0. The Labute approximate surface area is 152 Å². The summed E-state index contributed by atoms with van der Waals surface area (Å²) < 4.78 is 0.964. The van der Waals surface area contributed by atoms with E-state index in [1.807, 2.05) is 54.6 Å². The third-order valence-corrected chi connectivity index (χ3v) is 4.74. The standard InChI is InChI=1S/C17H15BrN4OS/c18-13-8-4-7-12(10-13)16-21-22-17(24-16)20-15(23)14(19)9-11-5-2-1-3-6-11/h1-8,10,14H,9,19H2,(H,20,22,23). The van der Waals surface area contributed by atoms with Crippen molar-refractivity contribution in [1.82, 2.24) is 10.2 Å². The second kappa shape index (κ2) is 7.65. The Morgan fingerprint density at radius 1 is 1.17 bits per heavy atom. The number of amides is 1. The van der Waals surface area contributed by atoms with Crippen molar-refractivity contribution >= 4 is 38.3 Å². The minimum Gasteiger partial charge on any atom is -0.320 e. The third-order valence-electron chi connectivity index (χ3n) is 3.36. The Kier molecular flexibility index (Phi) is 5.34. The van der Waals surface area contributed by atoms with Gasteiger partial charge in [0.25, 0.3) is 0 Å². The second-order valence-electron chi connectivity index (χ2n) is 5.21. The van der Waals surface area contributed by atoms with Gasteiger partial charge in [-0.1, -0.05) is 69.7 Å². The fourth-order valence-corrected chi connectivity index (χ4v) is 3.31. The summed E-state index contributed by atoms with van der Waals surface area (Å²) in [7, 11) is 0. The quantitative estimate of drug-likeness (QED) is 0.684. The molecule has 3 rings (SSSR count). The lowest BCUT2D eigenvalue weighted by Gasteiger charge is -2.10. The summed E-state index contributed by atoms with van der Waals surface area (Å²) in [5, 5.41) is 12.1. The Balaban J connectivity index is 1.65. The van der Waals surface area contributed by atoms with Crippen LogP contribution < -0.4 is 11.1 Å². The van der Waals surface area contributed by atoms with Crippen LogP contribution in [0.25, 0.3) is 10.6 Å². The zero-order chi connectivity index (χ0) is 16.9. The van der Waals surface area contributed by atoms with Gasteiger partial charge in [-0.2, -0.15) is 0 Å². The fraction of sp³-hybridized carbons (Fsp3) is 0.118. The molecule has 0 aliphatic rings. The maximum atomic E-state index is 12.2. The van der Waals surface area contributed by atoms with Crippen molar-refractivity contribution in [2.24, 2.45) is 5.73 Å². The van der Waals surface area contributed by atoms with Crippen molar-refractivity contribution in [3.63, 3.8) is 0 Å². The molecule has 24 heavy (non-hydrogen) atoms. The molecule has 0 aliphatic carbocycles. The topological polar surface area (TPSA) is 80.9 Å². The molecule has 1 aromatic heterocycles. The van der Waals surface area contributed by atoms with E-state index in [-0.39, 0.29) is 5.91 Å². The highest BCUT2D eigenvalue weighted by molar-refractivity contribution is 9.10. The van der Waals surface area contributed by atoms with E-state index in [0.29, 0.717) is 11.6 Å². The summed E-state index contributed by atoms with van der Waals surface area (Å²) >= 11 is 4.74. The van der Waals surface area contributed by atoms with Gasteiger partial charge in [0, 0.05) is 10.0 Å². The molecule has 0 fully saturated rings. The summed E-state index contributed by atoms with van der Waals surface area (Å²) in [4.78, 5) is 12.2. The Bertz CT molecular complexity index is 837. The first kappa shape index (κ1) is 16.8. The summed E-state index contributed by atoms with van der Waals surface area (Å²) in [6.45, 7) is 0. The number of anilines is 1. The zero-order valence-electron chi connectivity index (χ0n) is 12.6. The number of rotatable bonds is 5. The number of carbonyl (C=O) groups excluding carboxylic acids is 1. The van der Waals surface area contributed by atoms with Crippen molar-refractivity contribution in [3.05, 3.63) is 64.6 Å². The minimum atomic E-state index is -0.634. The number of hydrogen-bond donors (Lipinski definition) is 2. The summed E-state index contributed by atoms with van der Waals surface area (Å²) in [6, 6.07) is 16.8. The molecule has 3 aromatic rings. The molecule has 5 nitrogen and oxygen atoms in total. The normalized spacial score (nSPS) is 11.9. The first-order valence-corrected chi connectivity index (χ1v) is 8.92. The first-order chi connectivity index (χ1) is 11.6. The molecule has 2 aromatic carbocycles. The molecule has 122 valence electrons. The molecular weight excluding hydrogens is 388 g/mol. The van der Waals surface area contributed by atoms with Gasteiger partial charge >= 0.3 is 0 Å². The van der Waals surface area contributed by atoms with E-state index in [9.17, 15) is 4.79 Å². The van der Waals surface area contributed by atoms with Crippen LogP contribution in [0.3, 0.4) is 0 Å². The highest BCUT2D eigenvalue weighted by atomic mass is 79.9. The molecule has 0 radical (unpaired) electrons. The van der Waals surface area contributed by atoms with Gasteiger partial charge in [0.15, 0.2) is 0 Å². The lowest BCUT2D eigenvalue weighted by atomic mass is 10.1. The summed E-state index contributed by atoms with van der Waals surface area (Å²) in [5.41, 5.74) is 7.93. The van der Waals surface area contributed by atoms with Crippen LogP contribution in [0.5, 0.6) is 0 Å². The number of carbonyl (C=O) groups is 1. The average molecular weight is 403 g/mol. The monoisotopic (exact) mass is 402 g/mol. The van der Waals surface area contributed by atoms with E-state index in [1.165, 1.54) is 11.3 Å². The van der Waals surface area contributed by atoms with Crippen molar-refractivity contribution in [3.8, 4) is 10.6 Å². The highest BCUT2D eigenvalue weighted by Gasteiger charge is 2.16. The van der Waals surface area contributed by atoms with Crippen LogP contribution in [0.2, 0.25) is 0 Å². The third kappa shape index (κ3) is 4.25. The van der Waals surface area contributed by atoms with Gasteiger partial charge in [-0.05, 0) is 24.1 Å². The largest absolute Gasteiger partial charge is 0.320 e. The number of nitrogens with one attached hydrogen (secondary N) is 1. The maximum absolute atomic E-state index is 12.2. The van der Waals surface area contributed by atoms with Gasteiger partial charge in [-0.15, -0.1) is 10.2 Å². The van der Waals surface area contributed by atoms with E-state index in [2.05, 4.69) is 31.4 Å². The van der Waals surface area contributed by atoms with E-state index >= 15 is 0 Å². The van der Waals surface area contributed by atoms with Crippen LogP contribution in [0.1, 0.15) is 5.56 Å². The van der Waals surface area contributed by atoms with Crippen LogP contribution in [0.4, 0.5) is 5.13 Å². The summed E-state index contributed by atoms with van der Waals surface area (Å²) in [5.74, 6) is -0.268. The number of benzene rings is 2. The maximum Gasteiger partial charge on any atom is 0.243 e. The molecular formula is C17H15BrN4OS. The van der Waals surface area contributed by atoms with Gasteiger partial charge in [0.05, 0.1) is 6.04 Å². The second-order valence-corrected chi connectivity index (χ2v) is 7.10. The van der Waals surface area contributed by atoms with Crippen molar-refractivity contribution in [2.75, 3.05) is 5.32 Å². The number of hydrogen-bond acceptors (Lipinski definition) is 5. The van der Waals surface area contributed by atoms with Crippen LogP contribution in [-0.2, 0) is 11.2 Å². The van der Waals surface area contributed by atoms with Gasteiger partial charge in [0.2, 0.25) is 11.0 Å². The molecule has 0 aliphatic heterocycles. The Morgan fingerprint density at radius 2 is 1.96 bits per heavy atom. The van der Waals surface area contributed by atoms with Crippen LogP contribution in [-0.4, -0.2) is 22.1 Å². The van der Waals surface area contributed by atoms with Gasteiger partial charge in [-0.3, -0.25) is 10.1 Å². The predicted molar refractivity (Wildman–Crippen MR) is 99.8 cm³/mol. The number of aromatic nitrogens is 2. The van der Waals surface area contributed by atoms with E-state index in [4.69, 9.17) is 5.73 Å². The van der Waals surface area contributed by atoms with Gasteiger partial charge in [0.1, 0.15) is 5.01 Å². The minimum absolute atomic E-state index is 0.268. The predicted octanol–water partition coefficient (Wildman–Crippen LogP) is 3.48. The van der Waals surface area contributed by atoms with Gasteiger partial charge < -0.3 is 5.73 Å². The molecule has 0 saturated carbocycles. The van der Waals surface area contributed by atoms with E-state index in [0.717, 1.165) is 20.6 Å². The molecule has 1 amide bonds. The lowest BCUT2D eigenvalue weighted by molar-refractivity contribution is -0.117. The highest BCUT2D eigenvalue weighted by Crippen LogP contribution is 2.28. The molecule has 1 heterocycles. The number of nitrogens with zero attached hydrogens (tertiary/aromatic N) is 2. The molecule has 0 saturated heterocycles. The molecule has 0 spiro atoms. The van der Waals surface area contributed by atoms with Gasteiger partial charge in [-0.25, -0.2) is 0 Å². The molecule has 1 unspecified atom stereocenters. The number of nitrogens with two attached hydrogens (primary N) is 1.